The smallest absolute Gasteiger partial charge is 0.371 e. The largest absolute Gasteiger partial charge is 0.411 e. The predicted molar refractivity (Wildman–Crippen MR) is 69.2 cm³/mol. The van der Waals surface area contributed by atoms with Gasteiger partial charge in [-0.3, -0.25) is 0 Å². The van der Waals surface area contributed by atoms with E-state index in [0.29, 0.717) is 13.1 Å². The lowest BCUT2D eigenvalue weighted by Gasteiger charge is -2.11. The molecule has 0 fully saturated rings. The number of aryl methyl sites for hydroxylation is 3. The van der Waals surface area contributed by atoms with E-state index in [2.05, 4.69) is 29.1 Å². The number of ether oxygens (including phenoxy) is 1. The maximum absolute atomic E-state index is 11.8. The van der Waals surface area contributed by atoms with Gasteiger partial charge in [0, 0.05) is 13.1 Å². The zero-order valence-electron chi connectivity index (χ0n) is 11.5. The van der Waals surface area contributed by atoms with Crippen molar-refractivity contribution < 1.29 is 17.9 Å². The zero-order chi connectivity index (χ0) is 14.5. The molecule has 0 heterocycles. The Morgan fingerprint density at radius 1 is 1.05 bits per heavy atom. The van der Waals surface area contributed by atoms with Crippen molar-refractivity contribution in [2.24, 2.45) is 0 Å². The average molecular weight is 275 g/mol. The molecule has 1 N–H and O–H groups in total. The quantitative estimate of drug-likeness (QED) is 0.804. The Labute approximate surface area is 112 Å². The summed E-state index contributed by atoms with van der Waals surface area (Å²) in [6.07, 6.45) is -4.25. The van der Waals surface area contributed by atoms with Gasteiger partial charge < -0.3 is 10.1 Å². The molecule has 0 saturated carbocycles. The van der Waals surface area contributed by atoms with Crippen LogP contribution in [-0.4, -0.2) is 25.9 Å². The average Bonchev–Trinajstić information content (AvgIpc) is 2.28. The van der Waals surface area contributed by atoms with Crippen molar-refractivity contribution in [3.8, 4) is 0 Å². The van der Waals surface area contributed by atoms with Crippen molar-refractivity contribution in [3.05, 3.63) is 34.4 Å². The van der Waals surface area contributed by atoms with Crippen molar-refractivity contribution >= 4 is 0 Å². The summed E-state index contributed by atoms with van der Waals surface area (Å²) in [6.45, 7) is 6.06. The Bertz CT molecular complexity index is 416. The highest BCUT2D eigenvalue weighted by Crippen LogP contribution is 2.15. The van der Waals surface area contributed by atoms with Crippen molar-refractivity contribution in [1.82, 2.24) is 5.32 Å². The van der Waals surface area contributed by atoms with Gasteiger partial charge >= 0.3 is 6.18 Å². The Kier molecular flexibility index (Phi) is 5.82. The molecule has 0 unspecified atom stereocenters. The molecule has 0 aliphatic rings. The Morgan fingerprint density at radius 2 is 1.68 bits per heavy atom. The first kappa shape index (κ1) is 16.0. The number of halogens is 3. The van der Waals surface area contributed by atoms with Gasteiger partial charge in [-0.25, -0.2) is 0 Å². The second kappa shape index (κ2) is 6.91. The molecule has 1 rings (SSSR count). The van der Waals surface area contributed by atoms with Crippen LogP contribution in [0, 0.1) is 20.8 Å². The lowest BCUT2D eigenvalue weighted by molar-refractivity contribution is -0.173. The first-order valence-corrected chi connectivity index (χ1v) is 6.21. The minimum absolute atomic E-state index is 0.0589. The van der Waals surface area contributed by atoms with Gasteiger partial charge in [0.25, 0.3) is 0 Å². The first-order valence-electron chi connectivity index (χ1n) is 6.21. The number of alkyl halides is 3. The summed E-state index contributed by atoms with van der Waals surface area (Å²) in [5, 5.41) is 3.08. The van der Waals surface area contributed by atoms with Gasteiger partial charge in [-0.05, 0) is 43.0 Å². The van der Waals surface area contributed by atoms with Gasteiger partial charge in [0.15, 0.2) is 0 Å². The number of hydrogen-bond acceptors (Lipinski definition) is 2. The topological polar surface area (TPSA) is 21.3 Å². The molecule has 0 aromatic heterocycles. The number of benzene rings is 1. The predicted octanol–water partition coefficient (Wildman–Crippen LogP) is 3.28. The number of nitrogens with one attached hydrogen (secondary N) is 1. The monoisotopic (exact) mass is 275 g/mol. The summed E-state index contributed by atoms with van der Waals surface area (Å²) in [5.74, 6) is 0. The zero-order valence-corrected chi connectivity index (χ0v) is 11.5. The van der Waals surface area contributed by atoms with E-state index in [1.165, 1.54) is 22.3 Å². The highest BCUT2D eigenvalue weighted by Gasteiger charge is 2.27. The van der Waals surface area contributed by atoms with Gasteiger partial charge in [0.2, 0.25) is 0 Å². The Morgan fingerprint density at radius 3 is 2.32 bits per heavy atom. The fourth-order valence-electron chi connectivity index (χ4n) is 1.77. The van der Waals surface area contributed by atoms with Crippen LogP contribution in [0.4, 0.5) is 13.2 Å². The fraction of sp³-hybridized carbons (Fsp3) is 0.571. The molecule has 19 heavy (non-hydrogen) atoms. The summed E-state index contributed by atoms with van der Waals surface area (Å²) < 4.78 is 40.0. The second-order valence-corrected chi connectivity index (χ2v) is 4.71. The Balaban J connectivity index is 2.28. The van der Waals surface area contributed by atoms with Crippen molar-refractivity contribution in [2.45, 2.75) is 33.5 Å². The van der Waals surface area contributed by atoms with Gasteiger partial charge in [0.1, 0.15) is 6.61 Å². The molecule has 1 aromatic carbocycles. The number of rotatable bonds is 6. The van der Waals surface area contributed by atoms with E-state index in [-0.39, 0.29) is 6.61 Å². The highest BCUT2D eigenvalue weighted by atomic mass is 19.4. The first-order chi connectivity index (χ1) is 8.79. The molecular formula is C14H20F3NO. The van der Waals surface area contributed by atoms with Crippen LogP contribution in [-0.2, 0) is 11.3 Å². The normalized spacial score (nSPS) is 11.9. The fourth-order valence-corrected chi connectivity index (χ4v) is 1.77. The molecule has 0 atom stereocenters. The van der Waals surface area contributed by atoms with Gasteiger partial charge in [-0.1, -0.05) is 12.1 Å². The molecule has 0 radical (unpaired) electrons. The second-order valence-electron chi connectivity index (χ2n) is 4.71. The molecule has 2 nitrogen and oxygen atoms in total. The highest BCUT2D eigenvalue weighted by molar-refractivity contribution is 5.36. The summed E-state index contributed by atoms with van der Waals surface area (Å²) in [5.41, 5.74) is 4.82. The van der Waals surface area contributed by atoms with Crippen molar-refractivity contribution in [2.75, 3.05) is 19.8 Å². The molecular weight excluding hydrogens is 255 g/mol. The molecule has 108 valence electrons. The van der Waals surface area contributed by atoms with Crippen LogP contribution < -0.4 is 5.32 Å². The summed E-state index contributed by atoms with van der Waals surface area (Å²) in [6, 6.07) is 4.22. The molecule has 0 bridgehead atoms. The maximum Gasteiger partial charge on any atom is 0.411 e. The third kappa shape index (κ3) is 6.07. The lowest BCUT2D eigenvalue weighted by atomic mass is 10.0. The van der Waals surface area contributed by atoms with Gasteiger partial charge in [0.05, 0.1) is 6.61 Å². The molecule has 0 aliphatic heterocycles. The third-order valence-electron chi connectivity index (χ3n) is 2.96. The van der Waals surface area contributed by atoms with Crippen molar-refractivity contribution in [3.63, 3.8) is 0 Å². The van der Waals surface area contributed by atoms with Crippen LogP contribution in [0.1, 0.15) is 22.3 Å². The van der Waals surface area contributed by atoms with E-state index in [9.17, 15) is 13.2 Å². The summed E-state index contributed by atoms with van der Waals surface area (Å²) >= 11 is 0. The SMILES string of the molecule is Cc1cc(C)c(CNCCOCC(F)(F)F)cc1C. The number of hydrogen-bond donors (Lipinski definition) is 1. The molecule has 0 aliphatic carbocycles. The third-order valence-corrected chi connectivity index (χ3v) is 2.96. The molecule has 1 aromatic rings. The van der Waals surface area contributed by atoms with E-state index in [0.717, 1.165) is 0 Å². The van der Waals surface area contributed by atoms with Gasteiger partial charge in [-0.2, -0.15) is 13.2 Å². The summed E-state index contributed by atoms with van der Waals surface area (Å²) in [4.78, 5) is 0. The van der Waals surface area contributed by atoms with Crippen LogP contribution in [0.25, 0.3) is 0 Å². The molecule has 5 heteroatoms. The lowest BCUT2D eigenvalue weighted by Crippen LogP contribution is -2.24. The molecule has 0 saturated heterocycles. The minimum atomic E-state index is -4.25. The molecule has 0 spiro atoms. The minimum Gasteiger partial charge on any atom is -0.371 e. The van der Waals surface area contributed by atoms with E-state index < -0.39 is 12.8 Å². The Hall–Kier alpha value is -1.07. The van der Waals surface area contributed by atoms with E-state index in [4.69, 9.17) is 0 Å². The van der Waals surface area contributed by atoms with Crippen LogP contribution in [0.15, 0.2) is 12.1 Å². The van der Waals surface area contributed by atoms with E-state index in [1.807, 2.05) is 13.8 Å². The maximum atomic E-state index is 11.8. The van der Waals surface area contributed by atoms with E-state index >= 15 is 0 Å². The van der Waals surface area contributed by atoms with Crippen LogP contribution in [0.3, 0.4) is 0 Å². The van der Waals surface area contributed by atoms with Gasteiger partial charge in [-0.15, -0.1) is 0 Å². The van der Waals surface area contributed by atoms with Crippen molar-refractivity contribution in [1.29, 1.82) is 0 Å². The molecule has 0 amide bonds. The van der Waals surface area contributed by atoms with Crippen LogP contribution in [0.5, 0.6) is 0 Å². The van der Waals surface area contributed by atoms with Crippen LogP contribution >= 0.6 is 0 Å². The van der Waals surface area contributed by atoms with Crippen LogP contribution in [0.2, 0.25) is 0 Å². The standard InChI is InChI=1S/C14H20F3NO/c1-10-6-12(3)13(7-11(10)2)8-18-4-5-19-9-14(15,16)17/h6-7,18H,4-5,8-9H2,1-3H3. The van der Waals surface area contributed by atoms with E-state index in [1.54, 1.807) is 0 Å². The summed E-state index contributed by atoms with van der Waals surface area (Å²) in [7, 11) is 0.